The Morgan fingerprint density at radius 3 is 2.86 bits per heavy atom. The maximum absolute atomic E-state index is 11.1. The van der Waals surface area contributed by atoms with Crippen LogP contribution in [-0.2, 0) is 6.54 Å². The fourth-order valence-electron chi connectivity index (χ4n) is 1.77. The first kappa shape index (κ1) is 15.4. The molecule has 0 saturated carbocycles. The number of aromatic carboxylic acids is 1. The van der Waals surface area contributed by atoms with Crippen LogP contribution >= 0.6 is 15.9 Å². The Balaban J connectivity index is 2.14. The second-order valence-electron chi connectivity index (χ2n) is 4.14. The maximum atomic E-state index is 11.1. The average Bonchev–Trinajstić information content (AvgIpc) is 2.94. The highest BCUT2D eigenvalue weighted by molar-refractivity contribution is 9.10. The van der Waals surface area contributed by atoms with Gasteiger partial charge in [0.2, 0.25) is 0 Å². The highest BCUT2D eigenvalue weighted by atomic mass is 79.9. The van der Waals surface area contributed by atoms with E-state index in [9.17, 15) is 4.79 Å². The first-order valence-electron chi connectivity index (χ1n) is 6.41. The van der Waals surface area contributed by atoms with Crippen LogP contribution in [0, 0.1) is 0 Å². The molecular formula is C14H15BrN2O4. The third-order valence-electron chi connectivity index (χ3n) is 2.68. The largest absolute Gasteiger partial charge is 0.490 e. The molecule has 0 aliphatic carbocycles. The van der Waals surface area contributed by atoms with Crippen molar-refractivity contribution in [3.05, 3.63) is 40.6 Å². The first-order valence-corrected chi connectivity index (χ1v) is 7.21. The standard InChI is InChI=1S/C14H15BrN2O4/c1-2-20-12-9-10(14(18)19)8-11(15)13(12)21-7-6-17-5-3-4-16-17/h3-5,8-9H,2,6-7H2,1H3,(H,18,19). The number of hydrogen-bond acceptors (Lipinski definition) is 4. The molecule has 0 aliphatic rings. The number of halogens is 1. The second-order valence-corrected chi connectivity index (χ2v) is 5.00. The Morgan fingerprint density at radius 2 is 2.24 bits per heavy atom. The summed E-state index contributed by atoms with van der Waals surface area (Å²) in [5.41, 5.74) is 0.143. The zero-order valence-corrected chi connectivity index (χ0v) is 13.0. The number of carboxylic acid groups (broad SMARTS) is 1. The fourth-order valence-corrected chi connectivity index (χ4v) is 2.32. The third-order valence-corrected chi connectivity index (χ3v) is 3.27. The summed E-state index contributed by atoms with van der Waals surface area (Å²) in [6.45, 7) is 3.23. The van der Waals surface area contributed by atoms with Crippen molar-refractivity contribution >= 4 is 21.9 Å². The van der Waals surface area contributed by atoms with Gasteiger partial charge in [-0.15, -0.1) is 0 Å². The van der Waals surface area contributed by atoms with Crippen LogP contribution in [0.1, 0.15) is 17.3 Å². The number of aromatic nitrogens is 2. The van der Waals surface area contributed by atoms with Crippen molar-refractivity contribution in [2.75, 3.05) is 13.2 Å². The molecule has 1 aromatic carbocycles. The second kappa shape index (κ2) is 7.12. The lowest BCUT2D eigenvalue weighted by Gasteiger charge is -2.14. The molecule has 1 heterocycles. The molecule has 0 spiro atoms. The Kier molecular flexibility index (Phi) is 5.21. The van der Waals surface area contributed by atoms with Crippen LogP contribution in [0.2, 0.25) is 0 Å². The molecule has 0 aliphatic heterocycles. The minimum Gasteiger partial charge on any atom is -0.490 e. The van der Waals surface area contributed by atoms with Gasteiger partial charge in [-0.2, -0.15) is 5.10 Å². The summed E-state index contributed by atoms with van der Waals surface area (Å²) in [4.78, 5) is 11.1. The van der Waals surface area contributed by atoms with Crippen molar-refractivity contribution < 1.29 is 19.4 Å². The molecule has 2 rings (SSSR count). The van der Waals surface area contributed by atoms with Gasteiger partial charge in [-0.3, -0.25) is 4.68 Å². The molecule has 0 atom stereocenters. The quantitative estimate of drug-likeness (QED) is 0.827. The molecule has 0 radical (unpaired) electrons. The summed E-state index contributed by atoms with van der Waals surface area (Å²) >= 11 is 3.32. The van der Waals surface area contributed by atoms with E-state index in [1.165, 1.54) is 12.1 Å². The minimum absolute atomic E-state index is 0.143. The average molecular weight is 355 g/mol. The van der Waals surface area contributed by atoms with Crippen LogP contribution < -0.4 is 9.47 Å². The lowest BCUT2D eigenvalue weighted by molar-refractivity contribution is 0.0696. The van der Waals surface area contributed by atoms with E-state index in [1.54, 1.807) is 10.9 Å². The molecule has 1 aromatic heterocycles. The van der Waals surface area contributed by atoms with Crippen molar-refractivity contribution in [1.29, 1.82) is 0 Å². The van der Waals surface area contributed by atoms with Gasteiger partial charge in [0.1, 0.15) is 6.61 Å². The molecule has 0 unspecified atom stereocenters. The molecular weight excluding hydrogens is 340 g/mol. The Morgan fingerprint density at radius 1 is 1.43 bits per heavy atom. The number of carbonyl (C=O) groups is 1. The highest BCUT2D eigenvalue weighted by Gasteiger charge is 2.15. The smallest absolute Gasteiger partial charge is 0.335 e. The van der Waals surface area contributed by atoms with Crippen LogP contribution in [0.4, 0.5) is 0 Å². The topological polar surface area (TPSA) is 73.6 Å². The van der Waals surface area contributed by atoms with E-state index in [0.29, 0.717) is 35.7 Å². The number of carboxylic acids is 1. The summed E-state index contributed by atoms with van der Waals surface area (Å²) in [5, 5.41) is 13.1. The third kappa shape index (κ3) is 3.98. The van der Waals surface area contributed by atoms with E-state index in [0.717, 1.165) is 0 Å². The number of ether oxygens (including phenoxy) is 2. The van der Waals surface area contributed by atoms with E-state index in [2.05, 4.69) is 21.0 Å². The normalized spacial score (nSPS) is 10.4. The molecule has 6 nitrogen and oxygen atoms in total. The highest BCUT2D eigenvalue weighted by Crippen LogP contribution is 2.37. The van der Waals surface area contributed by atoms with Crippen LogP contribution in [-0.4, -0.2) is 34.1 Å². The van der Waals surface area contributed by atoms with Gasteiger partial charge in [0, 0.05) is 12.4 Å². The van der Waals surface area contributed by atoms with Gasteiger partial charge >= 0.3 is 5.97 Å². The molecule has 1 N–H and O–H groups in total. The van der Waals surface area contributed by atoms with Crippen molar-refractivity contribution in [3.63, 3.8) is 0 Å². The van der Waals surface area contributed by atoms with Crippen LogP contribution in [0.5, 0.6) is 11.5 Å². The van der Waals surface area contributed by atoms with Crippen LogP contribution in [0.25, 0.3) is 0 Å². The predicted molar refractivity (Wildman–Crippen MR) is 80.0 cm³/mol. The molecule has 21 heavy (non-hydrogen) atoms. The van der Waals surface area contributed by atoms with E-state index in [-0.39, 0.29) is 5.56 Å². The number of rotatable bonds is 7. The molecule has 0 amide bonds. The Hall–Kier alpha value is -2.02. The summed E-state index contributed by atoms with van der Waals surface area (Å²) in [6, 6.07) is 4.79. The molecule has 0 saturated heterocycles. The summed E-state index contributed by atoms with van der Waals surface area (Å²) in [7, 11) is 0. The van der Waals surface area contributed by atoms with Gasteiger partial charge in [0.15, 0.2) is 11.5 Å². The predicted octanol–water partition coefficient (Wildman–Crippen LogP) is 2.82. The molecule has 0 fully saturated rings. The van der Waals surface area contributed by atoms with E-state index in [4.69, 9.17) is 14.6 Å². The van der Waals surface area contributed by atoms with Gasteiger partial charge in [-0.25, -0.2) is 4.79 Å². The van der Waals surface area contributed by atoms with Crippen molar-refractivity contribution in [3.8, 4) is 11.5 Å². The van der Waals surface area contributed by atoms with Gasteiger partial charge in [-0.05, 0) is 41.1 Å². The number of hydrogen-bond donors (Lipinski definition) is 1. The number of benzene rings is 1. The molecule has 7 heteroatoms. The maximum Gasteiger partial charge on any atom is 0.335 e. The van der Waals surface area contributed by atoms with Crippen LogP contribution in [0.15, 0.2) is 35.1 Å². The zero-order valence-electron chi connectivity index (χ0n) is 11.5. The number of nitrogens with zero attached hydrogens (tertiary/aromatic N) is 2. The summed E-state index contributed by atoms with van der Waals surface area (Å²) < 4.78 is 13.5. The Labute approximate surface area is 130 Å². The lowest BCUT2D eigenvalue weighted by atomic mass is 10.2. The van der Waals surface area contributed by atoms with E-state index >= 15 is 0 Å². The van der Waals surface area contributed by atoms with Gasteiger partial charge in [-0.1, -0.05) is 0 Å². The van der Waals surface area contributed by atoms with Crippen molar-refractivity contribution in [2.45, 2.75) is 13.5 Å². The first-order chi connectivity index (χ1) is 10.1. The summed E-state index contributed by atoms with van der Waals surface area (Å²) in [5.74, 6) is -0.113. The van der Waals surface area contributed by atoms with E-state index in [1.807, 2.05) is 19.2 Å². The molecule has 112 valence electrons. The van der Waals surface area contributed by atoms with Crippen molar-refractivity contribution in [2.24, 2.45) is 0 Å². The monoisotopic (exact) mass is 354 g/mol. The summed E-state index contributed by atoms with van der Waals surface area (Å²) in [6.07, 6.45) is 3.54. The van der Waals surface area contributed by atoms with E-state index < -0.39 is 5.97 Å². The lowest BCUT2D eigenvalue weighted by Crippen LogP contribution is -2.10. The van der Waals surface area contributed by atoms with Crippen molar-refractivity contribution in [1.82, 2.24) is 9.78 Å². The minimum atomic E-state index is -1.01. The van der Waals surface area contributed by atoms with Crippen LogP contribution in [0.3, 0.4) is 0 Å². The van der Waals surface area contributed by atoms with Gasteiger partial charge in [0.05, 0.1) is 23.2 Å². The molecule has 2 aromatic rings. The fraction of sp³-hybridized carbons (Fsp3) is 0.286. The van der Waals surface area contributed by atoms with Gasteiger partial charge < -0.3 is 14.6 Å². The van der Waals surface area contributed by atoms with Gasteiger partial charge in [0.25, 0.3) is 0 Å². The molecule has 0 bridgehead atoms. The SMILES string of the molecule is CCOc1cc(C(=O)O)cc(Br)c1OCCn1cccn1. The zero-order chi connectivity index (χ0) is 15.2. The Bertz CT molecular complexity index is 614.